The van der Waals surface area contributed by atoms with Crippen LogP contribution in [0.1, 0.15) is 29.0 Å². The molecule has 4 heterocycles. The van der Waals surface area contributed by atoms with Gasteiger partial charge in [-0.2, -0.15) is 0 Å². The molecular weight excluding hydrogens is 717 g/mol. The molecule has 8 aromatic carbocycles. The Balaban J connectivity index is 0.978. The van der Waals surface area contributed by atoms with E-state index >= 15 is 0 Å². The highest BCUT2D eigenvalue weighted by molar-refractivity contribution is 7.26. The SMILES string of the molecule is c1ccc(C2=NC(c3ccccc3)NC(c3ccc4oc5ccc(-c6cccc7sc8ccc(-n9c%10ccccc%10c%10ccccc%109)cc8c67)cc5c4c3)N2)cc1. The van der Waals surface area contributed by atoms with Crippen molar-refractivity contribution in [2.24, 2.45) is 4.99 Å². The van der Waals surface area contributed by atoms with Gasteiger partial charge in [0.1, 0.15) is 29.3 Å². The third-order valence-corrected chi connectivity index (χ3v) is 12.6. The fourth-order valence-electron chi connectivity index (χ4n) is 8.82. The number of benzene rings is 8. The fraction of sp³-hybridized carbons (Fsp3) is 0.0392. The van der Waals surface area contributed by atoms with Crippen LogP contribution < -0.4 is 10.6 Å². The lowest BCUT2D eigenvalue weighted by molar-refractivity contribution is 0.409. The highest BCUT2D eigenvalue weighted by Gasteiger charge is 2.26. The topological polar surface area (TPSA) is 54.5 Å². The average Bonchev–Trinajstić information content (AvgIpc) is 3.95. The van der Waals surface area contributed by atoms with E-state index in [1.807, 2.05) is 23.5 Å². The Morgan fingerprint density at radius 1 is 0.509 bits per heavy atom. The zero-order chi connectivity index (χ0) is 37.5. The van der Waals surface area contributed by atoms with Crippen molar-refractivity contribution >= 4 is 81.1 Å². The van der Waals surface area contributed by atoms with Gasteiger partial charge in [-0.15, -0.1) is 11.3 Å². The molecule has 0 spiro atoms. The first kappa shape index (κ1) is 32.3. The first-order valence-corrected chi connectivity index (χ1v) is 20.2. The minimum atomic E-state index is -0.201. The summed E-state index contributed by atoms with van der Waals surface area (Å²) in [5.41, 5.74) is 11.0. The molecule has 1 aliphatic rings. The second kappa shape index (κ2) is 12.8. The average molecular weight is 751 g/mol. The maximum atomic E-state index is 6.47. The van der Waals surface area contributed by atoms with Crippen molar-refractivity contribution in [3.8, 4) is 16.8 Å². The molecule has 270 valence electrons. The molecule has 2 atom stereocenters. The molecule has 0 saturated carbocycles. The number of hydrogen-bond donors (Lipinski definition) is 2. The van der Waals surface area contributed by atoms with Gasteiger partial charge in [0.05, 0.1) is 11.0 Å². The maximum Gasteiger partial charge on any atom is 0.135 e. The molecule has 0 bridgehead atoms. The molecule has 0 radical (unpaired) electrons. The minimum absolute atomic E-state index is 0.171. The van der Waals surface area contributed by atoms with E-state index in [-0.39, 0.29) is 12.3 Å². The van der Waals surface area contributed by atoms with E-state index in [4.69, 9.17) is 9.41 Å². The van der Waals surface area contributed by atoms with Gasteiger partial charge < -0.3 is 14.3 Å². The number of nitrogens with one attached hydrogen (secondary N) is 2. The van der Waals surface area contributed by atoms with Crippen LogP contribution in [0.25, 0.3) is 80.7 Å². The number of furan rings is 1. The molecule has 3 aromatic heterocycles. The second-order valence-electron chi connectivity index (χ2n) is 14.8. The fourth-order valence-corrected chi connectivity index (χ4v) is 9.93. The van der Waals surface area contributed by atoms with Crippen LogP contribution in [0.3, 0.4) is 0 Å². The summed E-state index contributed by atoms with van der Waals surface area (Å²) in [4.78, 5) is 5.11. The van der Waals surface area contributed by atoms with Crippen molar-refractivity contribution in [1.29, 1.82) is 0 Å². The highest BCUT2D eigenvalue weighted by atomic mass is 32.1. The Kier molecular flexibility index (Phi) is 7.24. The summed E-state index contributed by atoms with van der Waals surface area (Å²) in [6, 6.07) is 65.0. The maximum absolute atomic E-state index is 6.47. The molecule has 2 N–H and O–H groups in total. The van der Waals surface area contributed by atoms with Gasteiger partial charge in [0.15, 0.2) is 0 Å². The van der Waals surface area contributed by atoms with E-state index < -0.39 is 0 Å². The molecule has 5 nitrogen and oxygen atoms in total. The number of aliphatic imine (C=N–C) groups is 1. The van der Waals surface area contributed by atoms with E-state index in [0.29, 0.717) is 0 Å². The minimum Gasteiger partial charge on any atom is -0.456 e. The molecular formula is C51H34N4OS. The standard InChI is InChI=1S/C51H34N4OS/c1-3-12-31(13-4-1)49-52-50(32-14-5-2-6-15-32)54-51(53-49)34-23-26-45-40(29-34)39-28-33(22-25-44(39)56-45)36-18-11-21-47-48(36)41-30-35(24-27-46(41)57-47)55-42-19-9-7-16-37(42)38-17-8-10-20-43(38)55/h1-30,49,51,53H,(H,52,54). The molecule has 57 heavy (non-hydrogen) atoms. The zero-order valence-electron chi connectivity index (χ0n) is 30.7. The second-order valence-corrected chi connectivity index (χ2v) is 15.9. The summed E-state index contributed by atoms with van der Waals surface area (Å²) >= 11 is 1.85. The van der Waals surface area contributed by atoms with Crippen LogP contribution in [0.5, 0.6) is 0 Å². The van der Waals surface area contributed by atoms with Crippen LogP contribution in [0.4, 0.5) is 0 Å². The van der Waals surface area contributed by atoms with E-state index in [1.54, 1.807) is 0 Å². The van der Waals surface area contributed by atoms with E-state index in [9.17, 15) is 0 Å². The number of hydrogen-bond acceptors (Lipinski definition) is 5. The first-order valence-electron chi connectivity index (χ1n) is 19.3. The smallest absolute Gasteiger partial charge is 0.135 e. The lowest BCUT2D eigenvalue weighted by atomic mass is 9.97. The lowest BCUT2D eigenvalue weighted by Crippen LogP contribution is -2.44. The lowest BCUT2D eigenvalue weighted by Gasteiger charge is -2.32. The predicted octanol–water partition coefficient (Wildman–Crippen LogP) is 13.1. The molecule has 2 unspecified atom stereocenters. The molecule has 11 aromatic rings. The van der Waals surface area contributed by atoms with Crippen LogP contribution in [0, 0.1) is 0 Å². The summed E-state index contributed by atoms with van der Waals surface area (Å²) in [6.07, 6.45) is -0.373. The number of aromatic nitrogens is 1. The van der Waals surface area contributed by atoms with Crippen molar-refractivity contribution < 1.29 is 4.42 Å². The largest absolute Gasteiger partial charge is 0.456 e. The molecule has 12 rings (SSSR count). The first-order chi connectivity index (χ1) is 28.2. The molecule has 0 saturated heterocycles. The third-order valence-electron chi connectivity index (χ3n) is 11.5. The Morgan fingerprint density at radius 2 is 1.21 bits per heavy atom. The summed E-state index contributed by atoms with van der Waals surface area (Å²) in [6.45, 7) is 0. The van der Waals surface area contributed by atoms with Gasteiger partial charge in [-0.25, -0.2) is 4.99 Å². The summed E-state index contributed by atoms with van der Waals surface area (Å²) in [5, 5.41) is 14.7. The van der Waals surface area contributed by atoms with Crippen LogP contribution in [-0.4, -0.2) is 10.4 Å². The molecule has 1 aliphatic heterocycles. The van der Waals surface area contributed by atoms with Gasteiger partial charge in [-0.3, -0.25) is 5.32 Å². The molecule has 0 fully saturated rings. The highest BCUT2D eigenvalue weighted by Crippen LogP contribution is 2.43. The van der Waals surface area contributed by atoms with Gasteiger partial charge >= 0.3 is 0 Å². The van der Waals surface area contributed by atoms with Crippen molar-refractivity contribution in [3.63, 3.8) is 0 Å². The van der Waals surface area contributed by atoms with Crippen LogP contribution >= 0.6 is 11.3 Å². The van der Waals surface area contributed by atoms with Gasteiger partial charge in [-0.05, 0) is 82.9 Å². The summed E-state index contributed by atoms with van der Waals surface area (Å²) in [5.74, 6) is 0.866. The van der Waals surface area contributed by atoms with E-state index in [0.717, 1.165) is 50.2 Å². The van der Waals surface area contributed by atoms with Crippen LogP contribution in [0.2, 0.25) is 0 Å². The quantitative estimate of drug-likeness (QED) is 0.184. The van der Waals surface area contributed by atoms with Crippen LogP contribution in [0.15, 0.2) is 191 Å². The molecule has 0 aliphatic carbocycles. The predicted molar refractivity (Wildman–Crippen MR) is 238 cm³/mol. The molecule has 0 amide bonds. The Bertz CT molecular complexity index is 3320. The summed E-state index contributed by atoms with van der Waals surface area (Å²) in [7, 11) is 0. The summed E-state index contributed by atoms with van der Waals surface area (Å²) < 4.78 is 11.4. The third kappa shape index (κ3) is 5.22. The zero-order valence-corrected chi connectivity index (χ0v) is 31.5. The number of fused-ring (bicyclic) bond motifs is 9. The monoisotopic (exact) mass is 750 g/mol. The van der Waals surface area contributed by atoms with Gasteiger partial charge in [0.2, 0.25) is 0 Å². The number of nitrogens with zero attached hydrogens (tertiary/aromatic N) is 2. The normalized spacial score (nSPS) is 15.9. The van der Waals surface area contributed by atoms with E-state index in [2.05, 4.69) is 185 Å². The molecule has 6 heteroatoms. The number of amidine groups is 1. The van der Waals surface area contributed by atoms with Crippen molar-refractivity contribution in [3.05, 3.63) is 199 Å². The van der Waals surface area contributed by atoms with Crippen molar-refractivity contribution in [1.82, 2.24) is 15.2 Å². The van der Waals surface area contributed by atoms with Crippen LogP contribution in [-0.2, 0) is 0 Å². The van der Waals surface area contributed by atoms with Gasteiger partial charge in [0.25, 0.3) is 0 Å². The van der Waals surface area contributed by atoms with E-state index in [1.165, 1.54) is 53.1 Å². The van der Waals surface area contributed by atoms with Crippen molar-refractivity contribution in [2.75, 3.05) is 0 Å². The van der Waals surface area contributed by atoms with Gasteiger partial charge in [0, 0.05) is 53.0 Å². The van der Waals surface area contributed by atoms with Gasteiger partial charge in [-0.1, -0.05) is 121 Å². The Morgan fingerprint density at radius 3 is 2.00 bits per heavy atom. The Hall–Kier alpha value is -6.99. The number of para-hydroxylation sites is 2. The Labute approximate surface area is 332 Å². The number of thiophene rings is 1. The van der Waals surface area contributed by atoms with Crippen molar-refractivity contribution in [2.45, 2.75) is 12.3 Å². The number of rotatable bonds is 5.